The van der Waals surface area contributed by atoms with Crippen molar-refractivity contribution in [3.8, 4) is 17.0 Å². The van der Waals surface area contributed by atoms with E-state index in [1.807, 2.05) is 20.8 Å². The van der Waals surface area contributed by atoms with Crippen LogP contribution in [0.25, 0.3) is 11.3 Å². The van der Waals surface area contributed by atoms with Gasteiger partial charge >= 0.3 is 5.97 Å². The Balaban J connectivity index is 1.68. The van der Waals surface area contributed by atoms with Gasteiger partial charge in [-0.3, -0.25) is 9.97 Å². The van der Waals surface area contributed by atoms with Gasteiger partial charge in [0.05, 0.1) is 29.8 Å². The Morgan fingerprint density at radius 3 is 2.29 bits per heavy atom. The van der Waals surface area contributed by atoms with Crippen molar-refractivity contribution in [2.24, 2.45) is 5.41 Å². The lowest BCUT2D eigenvalue weighted by Gasteiger charge is -2.40. The molecule has 41 heavy (non-hydrogen) atoms. The van der Waals surface area contributed by atoms with Crippen LogP contribution < -0.4 is 9.64 Å². The summed E-state index contributed by atoms with van der Waals surface area (Å²) < 4.78 is 39.7. The van der Waals surface area contributed by atoms with Crippen molar-refractivity contribution in [2.75, 3.05) is 24.6 Å². The lowest BCUT2D eigenvalue weighted by molar-refractivity contribution is -0.160. The van der Waals surface area contributed by atoms with Crippen LogP contribution >= 0.6 is 0 Å². The number of nitrogens with zero attached hydrogens (tertiary/aromatic N) is 3. The number of aryl methyl sites for hydroxylation is 1. The molecule has 0 saturated carbocycles. The number of piperidine rings is 1. The Morgan fingerprint density at radius 1 is 1.07 bits per heavy atom. The first-order valence-corrected chi connectivity index (χ1v) is 13.9. The molecule has 1 fully saturated rings. The van der Waals surface area contributed by atoms with E-state index >= 15 is 0 Å². The second-order valence-electron chi connectivity index (χ2n) is 12.3. The third kappa shape index (κ3) is 7.38. The summed E-state index contributed by atoms with van der Waals surface area (Å²) >= 11 is 0. The quantitative estimate of drug-likeness (QED) is 0.300. The first-order chi connectivity index (χ1) is 19.3. The van der Waals surface area contributed by atoms with E-state index < -0.39 is 29.3 Å². The molecule has 4 rings (SSSR count). The van der Waals surface area contributed by atoms with Gasteiger partial charge in [0.2, 0.25) is 0 Å². The number of halogens is 2. The van der Waals surface area contributed by atoms with Crippen molar-refractivity contribution in [3.63, 3.8) is 0 Å². The molecule has 1 unspecified atom stereocenters. The molecule has 1 aromatic carbocycles. The minimum Gasteiger partial charge on any atom is -0.492 e. The van der Waals surface area contributed by atoms with Gasteiger partial charge in [0.25, 0.3) is 0 Å². The Bertz CT molecular complexity index is 1360. The number of hydrogen-bond acceptors (Lipinski definition) is 6. The molecule has 220 valence electrons. The number of ether oxygens (including phenoxy) is 2. The van der Waals surface area contributed by atoms with Gasteiger partial charge < -0.3 is 19.5 Å². The topological polar surface area (TPSA) is 84.8 Å². The Kier molecular flexibility index (Phi) is 8.97. The molecular weight excluding hydrogens is 528 g/mol. The van der Waals surface area contributed by atoms with E-state index in [-0.39, 0.29) is 24.0 Å². The van der Waals surface area contributed by atoms with Crippen molar-refractivity contribution < 1.29 is 28.2 Å². The summed E-state index contributed by atoms with van der Waals surface area (Å²) in [4.78, 5) is 24.0. The van der Waals surface area contributed by atoms with E-state index in [0.29, 0.717) is 28.3 Å². The molecular formula is C32H39F2N3O4. The molecule has 0 bridgehead atoms. The summed E-state index contributed by atoms with van der Waals surface area (Å²) in [6.07, 6.45) is 4.05. The molecule has 3 heterocycles. The summed E-state index contributed by atoms with van der Waals surface area (Å²) in [6.45, 7) is 13.4. The monoisotopic (exact) mass is 567 g/mol. The van der Waals surface area contributed by atoms with Gasteiger partial charge in [-0.2, -0.15) is 0 Å². The zero-order chi connectivity index (χ0) is 29.9. The highest BCUT2D eigenvalue weighted by molar-refractivity contribution is 5.85. The molecule has 0 aliphatic carbocycles. The van der Waals surface area contributed by atoms with E-state index in [1.165, 1.54) is 18.2 Å². The molecule has 3 aromatic rings. The molecule has 1 saturated heterocycles. The number of aliphatic carboxylic acids is 1. The Morgan fingerprint density at radius 2 is 1.73 bits per heavy atom. The predicted octanol–water partition coefficient (Wildman–Crippen LogP) is 6.92. The Labute approximate surface area is 240 Å². The summed E-state index contributed by atoms with van der Waals surface area (Å²) in [5.74, 6) is -1.84. The predicted molar refractivity (Wildman–Crippen MR) is 154 cm³/mol. The Hall–Kier alpha value is -3.59. The largest absolute Gasteiger partial charge is 0.492 e. The first kappa shape index (κ1) is 30.4. The van der Waals surface area contributed by atoms with Gasteiger partial charge in [-0.15, -0.1) is 0 Å². The fraction of sp³-hybridized carbons (Fsp3) is 0.469. The summed E-state index contributed by atoms with van der Waals surface area (Å²) in [5.41, 5.74) is 2.66. The van der Waals surface area contributed by atoms with E-state index in [2.05, 4.69) is 28.7 Å². The first-order valence-electron chi connectivity index (χ1n) is 13.9. The molecule has 7 nitrogen and oxygen atoms in total. The molecule has 1 aliphatic heterocycles. The van der Waals surface area contributed by atoms with Gasteiger partial charge in [0.1, 0.15) is 17.4 Å². The van der Waals surface area contributed by atoms with Crippen LogP contribution in [0.3, 0.4) is 0 Å². The van der Waals surface area contributed by atoms with E-state index in [4.69, 9.17) is 9.47 Å². The highest BCUT2D eigenvalue weighted by Crippen LogP contribution is 2.43. The van der Waals surface area contributed by atoms with Crippen LogP contribution in [0.1, 0.15) is 70.4 Å². The molecule has 0 amide bonds. The number of carboxylic acids is 1. The van der Waals surface area contributed by atoms with Crippen molar-refractivity contribution >= 4 is 11.7 Å². The third-order valence-corrected chi connectivity index (χ3v) is 7.37. The van der Waals surface area contributed by atoms with Crippen molar-refractivity contribution in [3.05, 3.63) is 71.2 Å². The molecule has 0 radical (unpaired) electrons. The number of anilines is 1. The zero-order valence-electron chi connectivity index (χ0n) is 24.6. The molecule has 2 aromatic heterocycles. The van der Waals surface area contributed by atoms with Crippen LogP contribution in [-0.2, 0) is 16.0 Å². The maximum Gasteiger partial charge on any atom is 0.337 e. The van der Waals surface area contributed by atoms with E-state index in [9.17, 15) is 18.7 Å². The number of benzene rings is 1. The zero-order valence-corrected chi connectivity index (χ0v) is 24.6. The molecule has 1 aliphatic rings. The van der Waals surface area contributed by atoms with Crippen molar-refractivity contribution in [1.82, 2.24) is 9.97 Å². The standard InChI is InChI=1S/C32H39F2N3O4/c1-20-27(29(30(38)39)41-31(2,3)4)28(37-15-13-32(5,6)14-16-37)23(19-35-20)26-11-10-21(18-36-26)40-17-12-22-24(33)8-7-9-25(22)34/h7-11,18-19,29H,12-17H2,1-6H3,(H,38,39). The van der Waals surface area contributed by atoms with Crippen molar-refractivity contribution in [1.29, 1.82) is 0 Å². The maximum atomic E-state index is 13.9. The average Bonchev–Trinajstić information content (AvgIpc) is 2.89. The van der Waals surface area contributed by atoms with Gasteiger partial charge in [0, 0.05) is 48.1 Å². The lowest BCUT2D eigenvalue weighted by Crippen LogP contribution is -2.39. The van der Waals surface area contributed by atoms with Gasteiger partial charge in [-0.05, 0) is 70.2 Å². The summed E-state index contributed by atoms with van der Waals surface area (Å²) in [6, 6.07) is 7.30. The SMILES string of the molecule is Cc1ncc(-c2ccc(OCCc3c(F)cccc3F)cn2)c(N2CCC(C)(C)CC2)c1C(OC(C)(C)C)C(=O)O. The number of pyridine rings is 2. The summed E-state index contributed by atoms with van der Waals surface area (Å²) in [5, 5.41) is 10.3. The van der Waals surface area contributed by atoms with E-state index in [1.54, 1.807) is 31.5 Å². The van der Waals surface area contributed by atoms with E-state index in [0.717, 1.165) is 31.6 Å². The van der Waals surface area contributed by atoms with Gasteiger partial charge in [-0.1, -0.05) is 19.9 Å². The third-order valence-electron chi connectivity index (χ3n) is 7.37. The minimum absolute atomic E-state index is 0.0184. The number of hydrogen-bond donors (Lipinski definition) is 1. The highest BCUT2D eigenvalue weighted by atomic mass is 19.1. The number of carboxylic acid groups (broad SMARTS) is 1. The molecule has 0 spiro atoms. The number of rotatable bonds is 9. The van der Waals surface area contributed by atoms with Crippen molar-refractivity contribution in [2.45, 2.75) is 72.5 Å². The average molecular weight is 568 g/mol. The fourth-order valence-corrected chi connectivity index (χ4v) is 5.04. The second-order valence-corrected chi connectivity index (χ2v) is 12.3. The van der Waals surface area contributed by atoms with Crippen LogP contribution in [0.4, 0.5) is 14.5 Å². The lowest BCUT2D eigenvalue weighted by atomic mass is 9.82. The number of carbonyl (C=O) groups is 1. The second kappa shape index (κ2) is 12.1. The van der Waals surface area contributed by atoms with Gasteiger partial charge in [0.15, 0.2) is 6.10 Å². The van der Waals surface area contributed by atoms with Crippen LogP contribution in [0, 0.1) is 24.0 Å². The van der Waals surface area contributed by atoms with Crippen LogP contribution in [0.2, 0.25) is 0 Å². The highest BCUT2D eigenvalue weighted by Gasteiger charge is 2.36. The molecule has 9 heteroatoms. The molecule has 1 N–H and O–H groups in total. The minimum atomic E-state index is -1.21. The van der Waals surface area contributed by atoms with Gasteiger partial charge in [-0.25, -0.2) is 13.6 Å². The normalized spacial score (nSPS) is 16.0. The van der Waals surface area contributed by atoms with Crippen LogP contribution in [-0.4, -0.2) is 46.3 Å². The maximum absolute atomic E-state index is 13.9. The van der Waals surface area contributed by atoms with Crippen LogP contribution in [0.15, 0.2) is 42.7 Å². The molecule has 1 atom stereocenters. The number of aromatic nitrogens is 2. The smallest absolute Gasteiger partial charge is 0.337 e. The summed E-state index contributed by atoms with van der Waals surface area (Å²) in [7, 11) is 0. The fourth-order valence-electron chi connectivity index (χ4n) is 5.04. The van der Waals surface area contributed by atoms with Crippen LogP contribution in [0.5, 0.6) is 5.75 Å².